The molecule has 0 aliphatic rings. The van der Waals surface area contributed by atoms with Gasteiger partial charge < -0.3 is 0 Å². The molecular formula is C16H16F3N5OS. The van der Waals surface area contributed by atoms with E-state index >= 15 is 0 Å². The fourth-order valence-corrected chi connectivity index (χ4v) is 3.24. The van der Waals surface area contributed by atoms with Crippen molar-refractivity contribution in [1.29, 1.82) is 0 Å². The fraction of sp³-hybridized carbons (Fsp3) is 0.312. The van der Waals surface area contributed by atoms with Crippen LogP contribution in [0.1, 0.15) is 23.9 Å². The number of hydrogen-bond acceptors (Lipinski definition) is 6. The molecule has 1 N–H and O–H groups in total. The zero-order chi connectivity index (χ0) is 18.9. The van der Waals surface area contributed by atoms with Gasteiger partial charge in [0.25, 0.3) is 0 Å². The molecule has 0 amide bonds. The Bertz CT molecular complexity index is 905. The van der Waals surface area contributed by atoms with Crippen LogP contribution in [-0.4, -0.2) is 25.0 Å². The first-order chi connectivity index (χ1) is 12.3. The zero-order valence-electron chi connectivity index (χ0n) is 14.0. The van der Waals surface area contributed by atoms with Gasteiger partial charge in [0.05, 0.1) is 22.8 Å². The molecule has 0 fully saturated rings. The number of hydroxylamine groups is 1. The quantitative estimate of drug-likeness (QED) is 0.671. The lowest BCUT2D eigenvalue weighted by atomic mass is 10.2. The molecule has 0 radical (unpaired) electrons. The second-order valence-electron chi connectivity index (χ2n) is 5.56. The van der Waals surface area contributed by atoms with Crippen LogP contribution in [0.25, 0.3) is 10.6 Å². The minimum atomic E-state index is -4.51. The van der Waals surface area contributed by atoms with Crippen molar-refractivity contribution in [2.24, 2.45) is 0 Å². The van der Waals surface area contributed by atoms with E-state index in [1.807, 2.05) is 13.0 Å². The van der Waals surface area contributed by atoms with Gasteiger partial charge in [0.2, 0.25) is 5.13 Å². The van der Waals surface area contributed by atoms with Crippen LogP contribution in [0.4, 0.5) is 18.3 Å². The lowest BCUT2D eigenvalue weighted by Gasteiger charge is -2.13. The molecule has 26 heavy (non-hydrogen) atoms. The average Bonchev–Trinajstić information content (AvgIpc) is 3.22. The third kappa shape index (κ3) is 3.70. The van der Waals surface area contributed by atoms with E-state index < -0.39 is 11.9 Å². The van der Waals surface area contributed by atoms with E-state index in [4.69, 9.17) is 0 Å². The number of pyridine rings is 1. The number of aromatic nitrogens is 4. The summed E-state index contributed by atoms with van der Waals surface area (Å²) in [6.45, 7) is 4.00. The molecule has 0 saturated carbocycles. The first kappa shape index (κ1) is 18.3. The highest BCUT2D eigenvalue weighted by Crippen LogP contribution is 2.35. The molecule has 3 rings (SSSR count). The Morgan fingerprint density at radius 1 is 1.31 bits per heavy atom. The minimum absolute atomic E-state index is 0.125. The summed E-state index contributed by atoms with van der Waals surface area (Å²) in [7, 11) is 0. The molecule has 0 saturated heterocycles. The molecule has 3 aromatic rings. The lowest BCUT2D eigenvalue weighted by molar-refractivity contribution is -0.141. The number of rotatable bonds is 5. The van der Waals surface area contributed by atoms with E-state index in [1.54, 1.807) is 19.2 Å². The Morgan fingerprint density at radius 3 is 2.73 bits per heavy atom. The van der Waals surface area contributed by atoms with Gasteiger partial charge >= 0.3 is 6.18 Å². The minimum Gasteiger partial charge on any atom is -0.286 e. The first-order valence-corrected chi connectivity index (χ1v) is 8.59. The molecule has 3 heterocycles. The average molecular weight is 383 g/mol. The maximum Gasteiger partial charge on any atom is 0.435 e. The fourth-order valence-electron chi connectivity index (χ4n) is 2.39. The summed E-state index contributed by atoms with van der Waals surface area (Å²) >= 11 is 1.08. The molecule has 6 nitrogen and oxygen atoms in total. The van der Waals surface area contributed by atoms with Crippen molar-refractivity contribution in [2.45, 2.75) is 33.1 Å². The van der Waals surface area contributed by atoms with Crippen LogP contribution < -0.4 is 5.06 Å². The molecule has 0 atom stereocenters. The molecule has 0 bridgehead atoms. The van der Waals surface area contributed by atoms with Crippen LogP contribution in [0.15, 0.2) is 30.6 Å². The topological polar surface area (TPSA) is 67.1 Å². The first-order valence-electron chi connectivity index (χ1n) is 7.77. The Labute approximate surface area is 151 Å². The van der Waals surface area contributed by atoms with E-state index in [2.05, 4.69) is 15.1 Å². The van der Waals surface area contributed by atoms with Crippen molar-refractivity contribution in [2.75, 3.05) is 5.06 Å². The van der Waals surface area contributed by atoms with Crippen molar-refractivity contribution in [3.63, 3.8) is 0 Å². The van der Waals surface area contributed by atoms with Crippen LogP contribution in [0.3, 0.4) is 0 Å². The number of nitrogens with zero attached hydrogens (tertiary/aromatic N) is 5. The van der Waals surface area contributed by atoms with E-state index in [-0.39, 0.29) is 18.2 Å². The molecule has 0 aliphatic heterocycles. The predicted octanol–water partition coefficient (Wildman–Crippen LogP) is 4.14. The van der Waals surface area contributed by atoms with Crippen molar-refractivity contribution in [3.05, 3.63) is 47.5 Å². The molecule has 0 aromatic carbocycles. The summed E-state index contributed by atoms with van der Waals surface area (Å²) in [5.41, 5.74) is 0.965. The van der Waals surface area contributed by atoms with Gasteiger partial charge in [-0.2, -0.15) is 18.3 Å². The molecule has 10 heteroatoms. The highest BCUT2D eigenvalue weighted by atomic mass is 32.1. The van der Waals surface area contributed by atoms with Gasteiger partial charge in [0.15, 0.2) is 5.69 Å². The second kappa shape index (κ2) is 7.04. The van der Waals surface area contributed by atoms with Gasteiger partial charge in [-0.1, -0.05) is 17.4 Å². The number of halogens is 3. The largest absolute Gasteiger partial charge is 0.435 e. The van der Waals surface area contributed by atoms with E-state index in [0.29, 0.717) is 16.3 Å². The standard InChI is InChI=1S/C16H16F3N5OS/c1-3-23-12(7-14(22-23)16(17,18)19)13-8-21-15(26-13)24(25)9-11-10(2)5-4-6-20-11/h4-8,25H,3,9H2,1-2H3. The van der Waals surface area contributed by atoms with Crippen molar-refractivity contribution >= 4 is 16.5 Å². The van der Waals surface area contributed by atoms with Crippen LogP contribution >= 0.6 is 11.3 Å². The van der Waals surface area contributed by atoms with Crippen LogP contribution in [0.2, 0.25) is 0 Å². The Balaban J connectivity index is 1.86. The normalized spacial score (nSPS) is 11.8. The van der Waals surface area contributed by atoms with Crippen LogP contribution in [0.5, 0.6) is 0 Å². The van der Waals surface area contributed by atoms with E-state index in [1.165, 1.54) is 10.9 Å². The summed E-state index contributed by atoms with van der Waals surface area (Å²) in [6.07, 6.45) is -1.46. The van der Waals surface area contributed by atoms with Gasteiger partial charge in [0.1, 0.15) is 0 Å². The third-order valence-corrected chi connectivity index (χ3v) is 4.79. The Kier molecular flexibility index (Phi) is 4.97. The highest BCUT2D eigenvalue weighted by Gasteiger charge is 2.35. The summed E-state index contributed by atoms with van der Waals surface area (Å²) in [5, 5.41) is 15.1. The monoisotopic (exact) mass is 383 g/mol. The summed E-state index contributed by atoms with van der Waals surface area (Å²) < 4.78 is 40.0. The van der Waals surface area contributed by atoms with Crippen molar-refractivity contribution in [1.82, 2.24) is 19.7 Å². The van der Waals surface area contributed by atoms with Crippen LogP contribution in [0, 0.1) is 6.92 Å². The lowest BCUT2D eigenvalue weighted by Crippen LogP contribution is -2.18. The number of alkyl halides is 3. The SMILES string of the molecule is CCn1nc(C(F)(F)F)cc1-c1cnc(N(O)Cc2ncccc2C)s1. The number of anilines is 1. The van der Waals surface area contributed by atoms with Gasteiger partial charge in [-0.25, -0.2) is 10.0 Å². The maximum absolute atomic E-state index is 12.9. The van der Waals surface area contributed by atoms with Gasteiger partial charge in [-0.05, 0) is 31.5 Å². The molecule has 0 aliphatic carbocycles. The maximum atomic E-state index is 12.9. The highest BCUT2D eigenvalue weighted by molar-refractivity contribution is 7.18. The molecular weight excluding hydrogens is 367 g/mol. The van der Waals surface area contributed by atoms with E-state index in [0.717, 1.165) is 28.0 Å². The third-order valence-electron chi connectivity index (χ3n) is 3.75. The Morgan fingerprint density at radius 2 is 2.08 bits per heavy atom. The second-order valence-corrected chi connectivity index (χ2v) is 6.57. The summed E-state index contributed by atoms with van der Waals surface area (Å²) in [5.74, 6) is 0. The van der Waals surface area contributed by atoms with Crippen LogP contribution in [-0.2, 0) is 19.3 Å². The molecule has 138 valence electrons. The molecule has 3 aromatic heterocycles. The number of aryl methyl sites for hydroxylation is 2. The number of hydrogen-bond donors (Lipinski definition) is 1. The number of thiazole rings is 1. The van der Waals surface area contributed by atoms with Crippen molar-refractivity contribution < 1.29 is 18.4 Å². The predicted molar refractivity (Wildman–Crippen MR) is 91.0 cm³/mol. The van der Waals surface area contributed by atoms with Gasteiger partial charge in [0, 0.05) is 18.9 Å². The van der Waals surface area contributed by atoms with Crippen molar-refractivity contribution in [3.8, 4) is 10.6 Å². The molecule has 0 unspecified atom stereocenters. The molecule has 0 spiro atoms. The van der Waals surface area contributed by atoms with E-state index in [9.17, 15) is 18.4 Å². The van der Waals surface area contributed by atoms with Gasteiger partial charge in [-0.15, -0.1) is 0 Å². The Hall–Kier alpha value is -2.46. The van der Waals surface area contributed by atoms with Gasteiger partial charge in [-0.3, -0.25) is 14.9 Å². The summed E-state index contributed by atoms with van der Waals surface area (Å²) in [4.78, 5) is 8.80. The smallest absolute Gasteiger partial charge is 0.286 e. The zero-order valence-corrected chi connectivity index (χ0v) is 14.8. The summed E-state index contributed by atoms with van der Waals surface area (Å²) in [6, 6.07) is 4.67.